The summed E-state index contributed by atoms with van der Waals surface area (Å²) in [5.41, 5.74) is 1.99. The van der Waals surface area contributed by atoms with Gasteiger partial charge in [-0.2, -0.15) is 0 Å². The standard InChI is InChI=1S/C20H23FN4O2/c1-24(2)19-22-11-13-6-8-20(17(13)23-19)7-3-9-25(12-20)18(27)15-5-4-14(26)10-16(15)21/h4-5,10-11,26H,3,6-9,12H2,1-2H3. The van der Waals surface area contributed by atoms with E-state index in [2.05, 4.69) is 4.98 Å². The Hall–Kier alpha value is -2.70. The molecule has 1 aromatic carbocycles. The van der Waals surface area contributed by atoms with Crippen molar-refractivity contribution < 1.29 is 14.3 Å². The molecule has 0 radical (unpaired) electrons. The number of rotatable bonds is 2. The average molecular weight is 370 g/mol. The molecule has 4 rings (SSSR count). The summed E-state index contributed by atoms with van der Waals surface area (Å²) in [5.74, 6) is -0.537. The number of nitrogens with zero attached hydrogens (tertiary/aromatic N) is 4. The molecule has 1 saturated heterocycles. The van der Waals surface area contributed by atoms with Crippen molar-refractivity contribution in [1.82, 2.24) is 14.9 Å². The Bertz CT molecular complexity index is 898. The molecule has 2 heterocycles. The molecule has 142 valence electrons. The van der Waals surface area contributed by atoms with Crippen LogP contribution in [0.2, 0.25) is 0 Å². The number of likely N-dealkylation sites (tertiary alicyclic amines) is 1. The molecule has 1 amide bonds. The predicted molar refractivity (Wildman–Crippen MR) is 99.6 cm³/mol. The molecule has 6 nitrogen and oxygen atoms in total. The van der Waals surface area contributed by atoms with Gasteiger partial charge in [-0.25, -0.2) is 14.4 Å². The number of benzene rings is 1. The fraction of sp³-hybridized carbons (Fsp3) is 0.450. The van der Waals surface area contributed by atoms with Crippen molar-refractivity contribution in [3.63, 3.8) is 0 Å². The van der Waals surface area contributed by atoms with Crippen molar-refractivity contribution in [2.75, 3.05) is 32.1 Å². The van der Waals surface area contributed by atoms with E-state index in [9.17, 15) is 14.3 Å². The number of carbonyl (C=O) groups is 1. The lowest BCUT2D eigenvalue weighted by atomic mass is 9.77. The molecule has 2 aromatic rings. The third-order valence-electron chi connectivity index (χ3n) is 5.67. The van der Waals surface area contributed by atoms with Gasteiger partial charge in [0.1, 0.15) is 11.6 Å². The van der Waals surface area contributed by atoms with Crippen LogP contribution in [0.5, 0.6) is 5.75 Å². The molecule has 27 heavy (non-hydrogen) atoms. The summed E-state index contributed by atoms with van der Waals surface area (Å²) in [6, 6.07) is 3.68. The monoisotopic (exact) mass is 370 g/mol. The molecule has 0 saturated carbocycles. The van der Waals surface area contributed by atoms with Crippen molar-refractivity contribution in [3.8, 4) is 5.75 Å². The second-order valence-corrected chi connectivity index (χ2v) is 7.71. The summed E-state index contributed by atoms with van der Waals surface area (Å²) in [7, 11) is 3.82. The fourth-order valence-corrected chi connectivity index (χ4v) is 4.30. The van der Waals surface area contributed by atoms with E-state index in [4.69, 9.17) is 4.98 Å². The number of aromatic nitrogens is 2. The summed E-state index contributed by atoms with van der Waals surface area (Å²) in [6.45, 7) is 1.13. The van der Waals surface area contributed by atoms with Gasteiger partial charge in [0.25, 0.3) is 5.91 Å². The highest BCUT2D eigenvalue weighted by Crippen LogP contribution is 2.44. The fourth-order valence-electron chi connectivity index (χ4n) is 4.30. The Kier molecular flexibility index (Phi) is 4.25. The summed E-state index contributed by atoms with van der Waals surface area (Å²) < 4.78 is 14.2. The SMILES string of the molecule is CN(C)c1ncc2c(n1)C1(CCCN(C(=O)c3ccc(O)cc3F)C1)CC2. The molecule has 2 aliphatic rings. The van der Waals surface area contributed by atoms with Crippen LogP contribution in [0.3, 0.4) is 0 Å². The van der Waals surface area contributed by atoms with Gasteiger partial charge in [0, 0.05) is 44.9 Å². The number of aryl methyl sites for hydroxylation is 1. The summed E-state index contributed by atoms with van der Waals surface area (Å²) in [4.78, 5) is 25.7. The second-order valence-electron chi connectivity index (χ2n) is 7.71. The smallest absolute Gasteiger partial charge is 0.256 e. The van der Waals surface area contributed by atoms with Crippen LogP contribution in [0.1, 0.15) is 40.9 Å². The normalized spacial score (nSPS) is 21.4. The first-order valence-corrected chi connectivity index (χ1v) is 9.21. The van der Waals surface area contributed by atoms with E-state index in [0.29, 0.717) is 19.0 Å². The van der Waals surface area contributed by atoms with Crippen LogP contribution in [0.4, 0.5) is 10.3 Å². The Morgan fingerprint density at radius 2 is 2.15 bits per heavy atom. The third kappa shape index (κ3) is 3.01. The Morgan fingerprint density at radius 3 is 2.89 bits per heavy atom. The van der Waals surface area contributed by atoms with E-state index in [0.717, 1.165) is 43.0 Å². The van der Waals surface area contributed by atoms with Crippen LogP contribution in [0, 0.1) is 5.82 Å². The van der Waals surface area contributed by atoms with Crippen molar-refractivity contribution in [3.05, 3.63) is 47.0 Å². The van der Waals surface area contributed by atoms with Gasteiger partial charge in [-0.05, 0) is 43.4 Å². The number of phenolic OH excluding ortho intramolecular Hbond substituents is 1. The Morgan fingerprint density at radius 1 is 1.33 bits per heavy atom. The highest BCUT2D eigenvalue weighted by molar-refractivity contribution is 5.94. The first-order chi connectivity index (χ1) is 12.9. The van der Waals surface area contributed by atoms with Gasteiger partial charge in [0.2, 0.25) is 5.95 Å². The minimum absolute atomic E-state index is 0.000242. The van der Waals surface area contributed by atoms with Crippen molar-refractivity contribution >= 4 is 11.9 Å². The van der Waals surface area contributed by atoms with E-state index in [-0.39, 0.29) is 22.6 Å². The van der Waals surface area contributed by atoms with Gasteiger partial charge in [0.05, 0.1) is 11.3 Å². The number of carbonyl (C=O) groups excluding carboxylic acids is 1. The Labute approximate surface area is 157 Å². The Balaban J connectivity index is 1.65. The number of aromatic hydroxyl groups is 1. The minimum Gasteiger partial charge on any atom is -0.508 e. The largest absolute Gasteiger partial charge is 0.508 e. The van der Waals surface area contributed by atoms with Gasteiger partial charge in [-0.15, -0.1) is 0 Å². The molecule has 0 bridgehead atoms. The number of halogens is 1. The van der Waals surface area contributed by atoms with Crippen LogP contribution in [0.25, 0.3) is 0 Å². The first kappa shape index (κ1) is 17.7. The maximum Gasteiger partial charge on any atom is 0.256 e. The maximum atomic E-state index is 14.2. The van der Waals surface area contributed by atoms with Gasteiger partial charge in [-0.1, -0.05) is 0 Å². The lowest BCUT2D eigenvalue weighted by molar-refractivity contribution is 0.0628. The summed E-state index contributed by atoms with van der Waals surface area (Å²) in [6.07, 6.45) is 5.54. The van der Waals surface area contributed by atoms with E-state index >= 15 is 0 Å². The third-order valence-corrected chi connectivity index (χ3v) is 5.67. The predicted octanol–water partition coefficient (Wildman–Crippen LogP) is 2.51. The average Bonchev–Trinajstić information content (AvgIpc) is 2.98. The molecule has 1 aromatic heterocycles. The van der Waals surface area contributed by atoms with Crippen LogP contribution < -0.4 is 4.90 Å². The summed E-state index contributed by atoms with van der Waals surface area (Å²) >= 11 is 0. The zero-order valence-corrected chi connectivity index (χ0v) is 15.6. The van der Waals surface area contributed by atoms with Crippen LogP contribution in [0.15, 0.2) is 24.4 Å². The van der Waals surface area contributed by atoms with Gasteiger partial charge in [0.15, 0.2) is 0 Å². The van der Waals surface area contributed by atoms with E-state index in [1.165, 1.54) is 12.1 Å². The zero-order valence-electron chi connectivity index (χ0n) is 15.6. The lowest BCUT2D eigenvalue weighted by Crippen LogP contribution is -2.48. The molecular weight excluding hydrogens is 347 g/mol. The van der Waals surface area contributed by atoms with E-state index in [1.54, 1.807) is 4.90 Å². The highest BCUT2D eigenvalue weighted by Gasteiger charge is 2.45. The zero-order chi connectivity index (χ0) is 19.2. The maximum absolute atomic E-state index is 14.2. The molecule has 7 heteroatoms. The highest BCUT2D eigenvalue weighted by atomic mass is 19.1. The van der Waals surface area contributed by atoms with Gasteiger partial charge < -0.3 is 14.9 Å². The second kappa shape index (κ2) is 6.48. The lowest BCUT2D eigenvalue weighted by Gasteiger charge is -2.40. The number of piperidine rings is 1. The molecule has 1 aliphatic carbocycles. The van der Waals surface area contributed by atoms with E-state index in [1.807, 2.05) is 25.2 Å². The quantitative estimate of drug-likeness (QED) is 0.880. The van der Waals surface area contributed by atoms with Crippen LogP contribution >= 0.6 is 0 Å². The molecule has 1 fully saturated rings. The molecule has 1 atom stereocenters. The number of hydrogen-bond donors (Lipinski definition) is 1. The number of anilines is 1. The number of amides is 1. The molecular formula is C20H23FN4O2. The molecule has 1 unspecified atom stereocenters. The van der Waals surface area contributed by atoms with Gasteiger partial charge in [-0.3, -0.25) is 4.79 Å². The van der Waals surface area contributed by atoms with Crippen molar-refractivity contribution in [1.29, 1.82) is 0 Å². The summed E-state index contributed by atoms with van der Waals surface area (Å²) in [5, 5.41) is 9.39. The van der Waals surface area contributed by atoms with Gasteiger partial charge >= 0.3 is 0 Å². The van der Waals surface area contributed by atoms with Crippen LogP contribution in [-0.2, 0) is 11.8 Å². The molecule has 1 N–H and O–H groups in total. The van der Waals surface area contributed by atoms with E-state index < -0.39 is 5.82 Å². The minimum atomic E-state index is -0.691. The molecule has 1 spiro atoms. The number of phenols is 1. The first-order valence-electron chi connectivity index (χ1n) is 9.21. The number of hydrogen-bond acceptors (Lipinski definition) is 5. The van der Waals surface area contributed by atoms with Crippen LogP contribution in [-0.4, -0.2) is 53.1 Å². The van der Waals surface area contributed by atoms with Crippen molar-refractivity contribution in [2.24, 2.45) is 0 Å². The number of fused-ring (bicyclic) bond motifs is 2. The van der Waals surface area contributed by atoms with Crippen molar-refractivity contribution in [2.45, 2.75) is 31.1 Å². The molecule has 1 aliphatic heterocycles. The topological polar surface area (TPSA) is 69.6 Å².